The third-order valence-electron chi connectivity index (χ3n) is 3.74. The molecule has 3 amide bonds. The first-order chi connectivity index (χ1) is 11.9. The van der Waals surface area contributed by atoms with Crippen LogP contribution in [-0.2, 0) is 14.8 Å². The van der Waals surface area contributed by atoms with Gasteiger partial charge in [-0.05, 0) is 30.7 Å². The van der Waals surface area contributed by atoms with Gasteiger partial charge in [-0.2, -0.15) is 17.9 Å². The number of benzene rings is 1. The second-order valence-electron chi connectivity index (χ2n) is 5.66. The van der Waals surface area contributed by atoms with E-state index in [1.54, 1.807) is 6.92 Å². The van der Waals surface area contributed by atoms with Crippen LogP contribution in [0.3, 0.4) is 0 Å². The van der Waals surface area contributed by atoms with E-state index >= 15 is 0 Å². The van der Waals surface area contributed by atoms with Crippen LogP contribution in [0.4, 0.5) is 23.7 Å². The van der Waals surface area contributed by atoms with Gasteiger partial charge in [0.2, 0.25) is 10.0 Å². The monoisotopic (exact) mass is 394 g/mol. The van der Waals surface area contributed by atoms with Crippen LogP contribution in [0.25, 0.3) is 0 Å². The summed E-state index contributed by atoms with van der Waals surface area (Å²) in [7, 11) is -4.79. The van der Waals surface area contributed by atoms with Gasteiger partial charge in [-0.15, -0.1) is 0 Å². The number of halogens is 3. The third-order valence-corrected chi connectivity index (χ3v) is 5.21. The zero-order chi connectivity index (χ0) is 19.8. The Bertz CT molecular complexity index is 810. The van der Waals surface area contributed by atoms with Crippen LogP contribution in [0, 0.1) is 0 Å². The molecule has 0 unspecified atom stereocenters. The summed E-state index contributed by atoms with van der Waals surface area (Å²) in [4.78, 5) is 24.0. The molecule has 4 N–H and O–H groups in total. The van der Waals surface area contributed by atoms with E-state index in [0.717, 1.165) is 12.1 Å². The molecule has 0 spiro atoms. The van der Waals surface area contributed by atoms with Gasteiger partial charge in [0.15, 0.2) is 0 Å². The van der Waals surface area contributed by atoms with Crippen molar-refractivity contribution in [1.29, 1.82) is 0 Å². The molecule has 0 aromatic heterocycles. The van der Waals surface area contributed by atoms with Gasteiger partial charge in [-0.3, -0.25) is 9.69 Å². The topological polar surface area (TPSA) is 122 Å². The highest BCUT2D eigenvalue weighted by atomic mass is 32.2. The molecule has 12 heteroatoms. The average molecular weight is 394 g/mol. The second-order valence-corrected chi connectivity index (χ2v) is 7.35. The number of imide groups is 1. The smallest absolute Gasteiger partial charge is 0.399 e. The number of anilines is 1. The lowest BCUT2D eigenvalue weighted by Gasteiger charge is -2.29. The molecule has 1 heterocycles. The van der Waals surface area contributed by atoms with Crippen LogP contribution >= 0.6 is 0 Å². The molecule has 0 radical (unpaired) electrons. The number of hydrogen-bond donors (Lipinski definition) is 3. The van der Waals surface area contributed by atoms with Gasteiger partial charge in [0.25, 0.3) is 11.6 Å². The molecular formula is C14H17F3N4O4S. The van der Waals surface area contributed by atoms with Crippen molar-refractivity contribution >= 4 is 27.6 Å². The molecule has 0 saturated carbocycles. The molecule has 1 aromatic rings. The van der Waals surface area contributed by atoms with Gasteiger partial charge in [0.05, 0.1) is 4.90 Å². The molecule has 1 atom stereocenters. The zero-order valence-electron chi connectivity index (χ0n) is 13.6. The van der Waals surface area contributed by atoms with Gasteiger partial charge >= 0.3 is 12.2 Å². The number of nitrogens with zero attached hydrogens (tertiary/aromatic N) is 1. The number of sulfonamides is 1. The number of rotatable bonds is 6. The minimum atomic E-state index is -5.40. The van der Waals surface area contributed by atoms with Crippen LogP contribution in [0.1, 0.15) is 19.8 Å². The van der Waals surface area contributed by atoms with Crippen LogP contribution < -0.4 is 15.8 Å². The number of carbonyl (C=O) groups is 2. The molecule has 1 fully saturated rings. The number of carbonyl (C=O) groups excluding carboxylic acids is 2. The predicted molar refractivity (Wildman–Crippen MR) is 85.1 cm³/mol. The molecule has 1 aromatic carbocycles. The predicted octanol–water partition coefficient (Wildman–Crippen LogP) is 1.16. The number of nitrogen functional groups attached to an aromatic ring is 1. The van der Waals surface area contributed by atoms with Crippen molar-refractivity contribution in [2.24, 2.45) is 0 Å². The van der Waals surface area contributed by atoms with E-state index in [9.17, 15) is 31.2 Å². The maximum atomic E-state index is 13.6. The molecule has 144 valence electrons. The fourth-order valence-electron chi connectivity index (χ4n) is 2.32. The van der Waals surface area contributed by atoms with Crippen molar-refractivity contribution in [3.8, 4) is 0 Å². The normalized spacial score (nSPS) is 21.2. The number of nitrogens with one attached hydrogen (secondary N) is 2. The van der Waals surface area contributed by atoms with E-state index in [0.29, 0.717) is 11.3 Å². The first-order valence-electron chi connectivity index (χ1n) is 7.55. The Morgan fingerprint density at radius 2 is 1.81 bits per heavy atom. The molecule has 2 rings (SSSR count). The average Bonchev–Trinajstić information content (AvgIpc) is 2.76. The van der Waals surface area contributed by atoms with E-state index in [4.69, 9.17) is 5.73 Å². The summed E-state index contributed by atoms with van der Waals surface area (Å²) in [6.07, 6.45) is -4.60. The van der Waals surface area contributed by atoms with Crippen LogP contribution in [0.5, 0.6) is 0 Å². The highest BCUT2D eigenvalue weighted by molar-refractivity contribution is 7.89. The molecule has 26 heavy (non-hydrogen) atoms. The molecule has 1 saturated heterocycles. The zero-order valence-corrected chi connectivity index (χ0v) is 14.4. The standard InChI is InChI=1S/C14H17F3N4O4S/c1-2-3-8-21-11(22)13(14(15,16)17,19-12(21)23)20-26(24,25)10-6-4-9(18)5-7-10/h4-7,20H,2-3,8,18H2,1H3,(H,19,23)/t13-/m1/s1. The van der Waals surface area contributed by atoms with E-state index < -0.39 is 38.7 Å². The Hall–Kier alpha value is -2.34. The number of unbranched alkanes of at least 4 members (excludes halogenated alkanes) is 1. The fraction of sp³-hybridized carbons (Fsp3) is 0.429. The molecule has 1 aliphatic heterocycles. The molecule has 0 aliphatic carbocycles. The van der Waals surface area contributed by atoms with Crippen molar-refractivity contribution in [2.45, 2.75) is 36.5 Å². The van der Waals surface area contributed by atoms with Gasteiger partial charge in [-0.25, -0.2) is 13.2 Å². The van der Waals surface area contributed by atoms with E-state index in [2.05, 4.69) is 0 Å². The van der Waals surface area contributed by atoms with Gasteiger partial charge in [-0.1, -0.05) is 13.3 Å². The Labute approximate surface area is 147 Å². The summed E-state index contributed by atoms with van der Waals surface area (Å²) in [5.74, 6) is -1.72. The Morgan fingerprint density at radius 1 is 1.23 bits per heavy atom. The first-order valence-corrected chi connectivity index (χ1v) is 9.03. The molecule has 1 aliphatic rings. The van der Waals surface area contributed by atoms with Gasteiger partial charge in [0.1, 0.15) is 0 Å². The lowest BCUT2D eigenvalue weighted by atomic mass is 10.1. The summed E-state index contributed by atoms with van der Waals surface area (Å²) in [6, 6.07) is 3.01. The lowest BCUT2D eigenvalue weighted by Crippen LogP contribution is -2.69. The quantitative estimate of drug-likeness (QED) is 0.494. The number of urea groups is 1. The van der Waals surface area contributed by atoms with Crippen LogP contribution in [0.2, 0.25) is 0 Å². The number of hydrogen-bond acceptors (Lipinski definition) is 5. The summed E-state index contributed by atoms with van der Waals surface area (Å²) in [5, 5.41) is 1.45. The first kappa shape index (κ1) is 20.0. The van der Waals surface area contributed by atoms with Crippen molar-refractivity contribution in [3.05, 3.63) is 24.3 Å². The SMILES string of the molecule is CCCCN1C(=O)N[C@](NS(=O)(=O)c2ccc(N)cc2)(C(F)(F)F)C1=O. The lowest BCUT2D eigenvalue weighted by molar-refractivity contribution is -0.198. The van der Waals surface area contributed by atoms with Crippen molar-refractivity contribution in [2.75, 3.05) is 12.3 Å². The number of amides is 3. The maximum Gasteiger partial charge on any atom is 0.435 e. The maximum absolute atomic E-state index is 13.6. The second kappa shape index (κ2) is 6.76. The van der Waals surface area contributed by atoms with Crippen molar-refractivity contribution in [1.82, 2.24) is 14.9 Å². The summed E-state index contributed by atoms with van der Waals surface area (Å²) in [5.41, 5.74) is 1.85. The Morgan fingerprint density at radius 3 is 2.31 bits per heavy atom. The van der Waals surface area contributed by atoms with E-state index in [1.807, 2.05) is 0 Å². The molecule has 8 nitrogen and oxygen atoms in total. The summed E-state index contributed by atoms with van der Waals surface area (Å²) >= 11 is 0. The summed E-state index contributed by atoms with van der Waals surface area (Å²) < 4.78 is 66.9. The van der Waals surface area contributed by atoms with Crippen LogP contribution in [-0.4, -0.2) is 43.6 Å². The minimum absolute atomic E-state index is 0.200. The van der Waals surface area contributed by atoms with E-state index in [1.165, 1.54) is 22.2 Å². The van der Waals surface area contributed by atoms with Gasteiger partial charge in [0, 0.05) is 12.2 Å². The third kappa shape index (κ3) is 3.46. The largest absolute Gasteiger partial charge is 0.435 e. The minimum Gasteiger partial charge on any atom is -0.399 e. The van der Waals surface area contributed by atoms with Crippen molar-refractivity contribution in [3.63, 3.8) is 0 Å². The highest BCUT2D eigenvalue weighted by Crippen LogP contribution is 2.35. The van der Waals surface area contributed by atoms with E-state index in [-0.39, 0.29) is 18.7 Å². The number of nitrogens with two attached hydrogens (primary N) is 1. The molecular weight excluding hydrogens is 377 g/mol. The van der Waals surface area contributed by atoms with Crippen LogP contribution in [0.15, 0.2) is 29.2 Å². The van der Waals surface area contributed by atoms with Gasteiger partial charge < -0.3 is 11.1 Å². The van der Waals surface area contributed by atoms with Crippen molar-refractivity contribution < 1.29 is 31.2 Å². The Balaban J connectivity index is 2.44. The molecule has 0 bridgehead atoms. The highest BCUT2D eigenvalue weighted by Gasteiger charge is 2.69. The Kier molecular flexibility index (Phi) is 5.19. The summed E-state index contributed by atoms with van der Waals surface area (Å²) in [6.45, 7) is 1.46. The number of alkyl halides is 3. The fourth-order valence-corrected chi connectivity index (χ4v) is 3.59.